The monoisotopic (exact) mass is 485 g/mol. The lowest BCUT2D eigenvalue weighted by atomic mass is 10.2. The van der Waals surface area contributed by atoms with Crippen LogP contribution < -0.4 is 10.5 Å². The van der Waals surface area contributed by atoms with E-state index in [9.17, 15) is 8.42 Å². The Bertz CT molecular complexity index is 1690. The second kappa shape index (κ2) is 8.84. The third kappa shape index (κ3) is 4.10. The van der Waals surface area contributed by atoms with E-state index < -0.39 is 9.84 Å². The van der Waals surface area contributed by atoms with Gasteiger partial charge in [-0.1, -0.05) is 24.3 Å². The molecule has 0 atom stereocenters. The highest BCUT2D eigenvalue weighted by Gasteiger charge is 2.30. The van der Waals surface area contributed by atoms with Gasteiger partial charge in [0.05, 0.1) is 28.8 Å². The van der Waals surface area contributed by atoms with Gasteiger partial charge in [-0.2, -0.15) is 9.78 Å². The van der Waals surface area contributed by atoms with E-state index in [2.05, 4.69) is 15.1 Å². The van der Waals surface area contributed by atoms with E-state index in [0.717, 1.165) is 16.9 Å². The van der Waals surface area contributed by atoms with Crippen LogP contribution in [0.25, 0.3) is 22.2 Å². The summed E-state index contributed by atoms with van der Waals surface area (Å²) in [7, 11) is -4.00. The van der Waals surface area contributed by atoms with Crippen molar-refractivity contribution in [1.29, 1.82) is 0 Å². The van der Waals surface area contributed by atoms with E-state index in [1.165, 1.54) is 4.68 Å². The van der Waals surface area contributed by atoms with Gasteiger partial charge in [-0.15, -0.1) is 0 Å². The Kier molecular flexibility index (Phi) is 5.70. The Morgan fingerprint density at radius 1 is 1.00 bits per heavy atom. The summed E-state index contributed by atoms with van der Waals surface area (Å²) in [6, 6.07) is 21.3. The highest BCUT2D eigenvalue weighted by atomic mass is 32.2. The van der Waals surface area contributed by atoms with E-state index in [-0.39, 0.29) is 26.8 Å². The van der Waals surface area contributed by atoms with Crippen LogP contribution in [0.2, 0.25) is 0 Å². The summed E-state index contributed by atoms with van der Waals surface area (Å²) in [5, 5.41) is 4.49. The molecule has 0 spiro atoms. The number of nitrogens with two attached hydrogens (primary N) is 1. The Balaban J connectivity index is 1.72. The number of benzene rings is 3. The van der Waals surface area contributed by atoms with E-state index >= 15 is 0 Å². The first-order valence-electron chi connectivity index (χ1n) is 11.0. The standard InChI is InChI=1S/C26H23N5O3S/c1-3-34-19-13-11-18(12-14-19)16-28-31-25(27)24(35(32,33)20-8-6-7-17(2)15-20)23-26(31)30-22-10-5-4-9-21(22)29-23/h4-16H,3,27H2,1-2H3. The van der Waals surface area contributed by atoms with Gasteiger partial charge in [0.1, 0.15) is 22.0 Å². The number of hydrogen-bond donors (Lipinski definition) is 1. The maximum Gasteiger partial charge on any atom is 0.212 e. The number of nitrogen functional groups attached to an aromatic ring is 1. The molecule has 5 aromatic rings. The van der Waals surface area contributed by atoms with Crippen molar-refractivity contribution in [3.05, 3.63) is 83.9 Å². The second-order valence-electron chi connectivity index (χ2n) is 7.98. The van der Waals surface area contributed by atoms with Crippen LogP contribution in [0.5, 0.6) is 5.75 Å². The molecule has 8 nitrogen and oxygen atoms in total. The number of rotatable bonds is 6. The van der Waals surface area contributed by atoms with Crippen LogP contribution >= 0.6 is 0 Å². The van der Waals surface area contributed by atoms with Crippen LogP contribution in [0.3, 0.4) is 0 Å². The molecule has 0 bridgehead atoms. The molecular weight excluding hydrogens is 462 g/mol. The van der Waals surface area contributed by atoms with Crippen LogP contribution in [0.15, 0.2) is 87.7 Å². The van der Waals surface area contributed by atoms with Crippen molar-refractivity contribution in [3.8, 4) is 5.75 Å². The Hall–Kier alpha value is -4.24. The van der Waals surface area contributed by atoms with Crippen molar-refractivity contribution < 1.29 is 13.2 Å². The summed E-state index contributed by atoms with van der Waals surface area (Å²) < 4.78 is 34.2. The first kappa shape index (κ1) is 22.5. The molecular formula is C26H23N5O3S. The summed E-state index contributed by atoms with van der Waals surface area (Å²) in [5.74, 6) is 0.693. The molecule has 0 aliphatic heterocycles. The maximum absolute atomic E-state index is 13.7. The zero-order valence-corrected chi connectivity index (χ0v) is 20.0. The smallest absolute Gasteiger partial charge is 0.212 e. The fourth-order valence-electron chi connectivity index (χ4n) is 3.85. The van der Waals surface area contributed by atoms with Gasteiger partial charge in [0.15, 0.2) is 5.65 Å². The Morgan fingerprint density at radius 3 is 2.40 bits per heavy atom. The number of aromatic nitrogens is 3. The Morgan fingerprint density at radius 2 is 1.71 bits per heavy atom. The summed E-state index contributed by atoms with van der Waals surface area (Å²) in [4.78, 5) is 9.31. The van der Waals surface area contributed by atoms with Crippen molar-refractivity contribution >= 4 is 44.1 Å². The molecule has 2 aromatic heterocycles. The molecule has 0 fully saturated rings. The molecule has 0 aliphatic rings. The predicted octanol–water partition coefficient (Wildman–Crippen LogP) is 4.59. The molecule has 0 radical (unpaired) electrons. The minimum absolute atomic E-state index is 0.0565. The third-order valence-electron chi connectivity index (χ3n) is 5.51. The summed E-state index contributed by atoms with van der Waals surface area (Å²) in [6.07, 6.45) is 1.59. The van der Waals surface area contributed by atoms with Crippen molar-refractivity contribution in [2.45, 2.75) is 23.6 Å². The van der Waals surface area contributed by atoms with Crippen LogP contribution in [0.1, 0.15) is 18.1 Å². The van der Waals surface area contributed by atoms with Gasteiger partial charge in [-0.25, -0.2) is 18.4 Å². The number of fused-ring (bicyclic) bond motifs is 2. The average molecular weight is 486 g/mol. The summed E-state index contributed by atoms with van der Waals surface area (Å²) in [5.41, 5.74) is 9.64. The molecule has 3 aromatic carbocycles. The van der Waals surface area contributed by atoms with Crippen LogP contribution in [-0.4, -0.2) is 35.9 Å². The second-order valence-corrected chi connectivity index (χ2v) is 9.86. The number of aryl methyl sites for hydroxylation is 1. The Labute approximate surface area is 202 Å². The van der Waals surface area contributed by atoms with E-state index in [0.29, 0.717) is 17.6 Å². The number of anilines is 1. The maximum atomic E-state index is 13.7. The molecule has 0 unspecified atom stereocenters. The lowest BCUT2D eigenvalue weighted by molar-refractivity contribution is 0.340. The van der Waals surface area contributed by atoms with Crippen LogP contribution in [0, 0.1) is 6.92 Å². The van der Waals surface area contributed by atoms with Crippen molar-refractivity contribution in [1.82, 2.24) is 14.6 Å². The van der Waals surface area contributed by atoms with Crippen molar-refractivity contribution in [3.63, 3.8) is 0 Å². The van der Waals surface area contributed by atoms with Gasteiger partial charge in [0.2, 0.25) is 9.84 Å². The van der Waals surface area contributed by atoms with Gasteiger partial charge in [0.25, 0.3) is 0 Å². The van der Waals surface area contributed by atoms with Gasteiger partial charge < -0.3 is 10.5 Å². The molecule has 2 N–H and O–H groups in total. The zero-order chi connectivity index (χ0) is 24.6. The van der Waals surface area contributed by atoms with Gasteiger partial charge >= 0.3 is 0 Å². The molecule has 35 heavy (non-hydrogen) atoms. The third-order valence-corrected chi connectivity index (χ3v) is 7.33. The van der Waals surface area contributed by atoms with E-state index in [4.69, 9.17) is 10.5 Å². The van der Waals surface area contributed by atoms with E-state index in [1.54, 1.807) is 36.5 Å². The van der Waals surface area contributed by atoms with Crippen molar-refractivity contribution in [2.24, 2.45) is 5.10 Å². The highest BCUT2D eigenvalue weighted by molar-refractivity contribution is 7.92. The molecule has 0 saturated carbocycles. The minimum Gasteiger partial charge on any atom is -0.494 e. The van der Waals surface area contributed by atoms with Crippen molar-refractivity contribution in [2.75, 3.05) is 12.3 Å². The number of nitrogens with zero attached hydrogens (tertiary/aromatic N) is 4. The molecule has 9 heteroatoms. The summed E-state index contributed by atoms with van der Waals surface area (Å²) in [6.45, 7) is 4.33. The molecule has 176 valence electrons. The van der Waals surface area contributed by atoms with Gasteiger partial charge in [-0.3, -0.25) is 0 Å². The van der Waals surface area contributed by atoms with Crippen LogP contribution in [-0.2, 0) is 9.84 Å². The molecule has 0 amide bonds. The van der Waals surface area contributed by atoms with Crippen LogP contribution in [0.4, 0.5) is 5.82 Å². The number of hydrogen-bond acceptors (Lipinski definition) is 7. The molecule has 5 rings (SSSR count). The molecule has 0 saturated heterocycles. The predicted molar refractivity (Wildman–Crippen MR) is 137 cm³/mol. The van der Waals surface area contributed by atoms with E-state index in [1.807, 2.05) is 56.3 Å². The summed E-state index contributed by atoms with van der Waals surface area (Å²) >= 11 is 0. The van der Waals surface area contributed by atoms with Gasteiger partial charge in [0, 0.05) is 0 Å². The highest BCUT2D eigenvalue weighted by Crippen LogP contribution is 2.35. The first-order chi connectivity index (χ1) is 16.9. The molecule has 2 heterocycles. The topological polar surface area (TPSA) is 112 Å². The SMILES string of the molecule is CCOc1ccc(C=Nn2c(N)c(S(=O)(=O)c3cccc(C)c3)c3nc4ccccc4nc32)cc1. The number of para-hydroxylation sites is 2. The first-order valence-corrected chi connectivity index (χ1v) is 12.5. The lowest BCUT2D eigenvalue weighted by Crippen LogP contribution is -2.07. The van der Waals surface area contributed by atoms with Gasteiger partial charge in [-0.05, 0) is 73.5 Å². The normalized spacial score (nSPS) is 12.1. The largest absolute Gasteiger partial charge is 0.494 e. The minimum atomic E-state index is -4.00. The fourth-order valence-corrected chi connectivity index (χ4v) is 5.43. The molecule has 0 aliphatic carbocycles. The lowest BCUT2D eigenvalue weighted by Gasteiger charge is -2.06. The number of ether oxygens (including phenoxy) is 1. The fraction of sp³-hybridized carbons (Fsp3) is 0.115. The average Bonchev–Trinajstić information content (AvgIpc) is 3.13. The zero-order valence-electron chi connectivity index (χ0n) is 19.2. The number of sulfone groups is 1. The quantitative estimate of drug-likeness (QED) is 0.352.